The lowest BCUT2D eigenvalue weighted by atomic mass is 10.3. The molecule has 0 aromatic carbocycles. The standard InChI is InChI=1S/C9H22O2SSi/c1-3-10-13(11-4-2)9-7-5-6-8-12/h12-13H,3-9H2,1-2H3. The van der Waals surface area contributed by atoms with Crippen molar-refractivity contribution in [2.75, 3.05) is 19.0 Å². The molecule has 0 radical (unpaired) electrons. The smallest absolute Gasteiger partial charge is 0.321 e. The van der Waals surface area contributed by atoms with E-state index >= 15 is 0 Å². The lowest BCUT2D eigenvalue weighted by molar-refractivity contribution is 0.212. The highest BCUT2D eigenvalue weighted by molar-refractivity contribution is 7.80. The van der Waals surface area contributed by atoms with Gasteiger partial charge in [-0.05, 0) is 32.1 Å². The molecule has 0 rings (SSSR count). The Bertz CT molecular complexity index is 97.6. The normalized spacial score (nSPS) is 11.1. The molecule has 0 aliphatic rings. The molecule has 0 aliphatic heterocycles. The fourth-order valence-electron chi connectivity index (χ4n) is 1.19. The van der Waals surface area contributed by atoms with Crippen molar-refractivity contribution < 1.29 is 8.85 Å². The molecule has 0 N–H and O–H groups in total. The highest BCUT2D eigenvalue weighted by Crippen LogP contribution is 2.07. The van der Waals surface area contributed by atoms with E-state index in [4.69, 9.17) is 8.85 Å². The summed E-state index contributed by atoms with van der Waals surface area (Å²) in [6, 6.07) is 1.15. The Kier molecular flexibility index (Phi) is 11.0. The minimum atomic E-state index is -1.30. The molecule has 0 heterocycles. The van der Waals surface area contributed by atoms with Crippen molar-refractivity contribution in [3.63, 3.8) is 0 Å². The topological polar surface area (TPSA) is 18.5 Å². The lowest BCUT2D eigenvalue weighted by Gasteiger charge is -2.14. The van der Waals surface area contributed by atoms with Crippen LogP contribution in [0.25, 0.3) is 0 Å². The highest BCUT2D eigenvalue weighted by atomic mass is 32.1. The Morgan fingerprint density at radius 1 is 1.00 bits per heavy atom. The molecular formula is C9H22O2SSi. The van der Waals surface area contributed by atoms with Crippen molar-refractivity contribution in [1.82, 2.24) is 0 Å². The summed E-state index contributed by atoms with van der Waals surface area (Å²) in [6.07, 6.45) is 3.70. The van der Waals surface area contributed by atoms with Gasteiger partial charge >= 0.3 is 9.28 Å². The summed E-state index contributed by atoms with van der Waals surface area (Å²) in [7, 11) is -1.30. The first-order valence-electron chi connectivity index (χ1n) is 5.19. The first kappa shape index (κ1) is 13.5. The van der Waals surface area contributed by atoms with Crippen molar-refractivity contribution in [1.29, 1.82) is 0 Å². The van der Waals surface area contributed by atoms with E-state index in [9.17, 15) is 0 Å². The molecule has 2 nitrogen and oxygen atoms in total. The van der Waals surface area contributed by atoms with E-state index in [1.807, 2.05) is 13.8 Å². The van der Waals surface area contributed by atoms with Crippen LogP contribution in [0.4, 0.5) is 0 Å². The van der Waals surface area contributed by atoms with Gasteiger partial charge in [0.05, 0.1) is 0 Å². The van der Waals surface area contributed by atoms with Gasteiger partial charge in [0.1, 0.15) is 0 Å². The van der Waals surface area contributed by atoms with Gasteiger partial charge in [0.15, 0.2) is 0 Å². The van der Waals surface area contributed by atoms with Gasteiger partial charge < -0.3 is 8.85 Å². The summed E-state index contributed by atoms with van der Waals surface area (Å²) < 4.78 is 11.1. The Labute approximate surface area is 89.3 Å². The molecule has 4 heteroatoms. The van der Waals surface area contributed by atoms with Gasteiger partial charge in [0, 0.05) is 13.2 Å². The van der Waals surface area contributed by atoms with Crippen LogP contribution in [0.3, 0.4) is 0 Å². The molecule has 0 fully saturated rings. The van der Waals surface area contributed by atoms with Crippen molar-refractivity contribution in [2.24, 2.45) is 0 Å². The summed E-state index contributed by atoms with van der Waals surface area (Å²) in [5, 5.41) is 0. The largest absolute Gasteiger partial charge is 0.397 e. The molecule has 0 amide bonds. The van der Waals surface area contributed by atoms with E-state index in [1.54, 1.807) is 0 Å². The Morgan fingerprint density at radius 3 is 2.08 bits per heavy atom. The van der Waals surface area contributed by atoms with Gasteiger partial charge in [0.2, 0.25) is 0 Å². The van der Waals surface area contributed by atoms with Crippen molar-refractivity contribution in [2.45, 2.75) is 39.2 Å². The Morgan fingerprint density at radius 2 is 1.62 bits per heavy atom. The fraction of sp³-hybridized carbons (Fsp3) is 1.00. The highest BCUT2D eigenvalue weighted by Gasteiger charge is 2.10. The summed E-state index contributed by atoms with van der Waals surface area (Å²) >= 11 is 4.18. The molecule has 0 aromatic rings. The Hall–Kier alpha value is 0.487. The van der Waals surface area contributed by atoms with Crippen molar-refractivity contribution in [3.05, 3.63) is 0 Å². The molecule has 0 saturated heterocycles. The maximum Gasteiger partial charge on any atom is 0.321 e. The van der Waals surface area contributed by atoms with Crippen LogP contribution in [0.15, 0.2) is 0 Å². The molecule has 13 heavy (non-hydrogen) atoms. The summed E-state index contributed by atoms with van der Waals surface area (Å²) in [5.74, 6) is 0.996. The second-order valence-corrected chi connectivity index (χ2v) is 5.46. The van der Waals surface area contributed by atoms with Gasteiger partial charge in [0.25, 0.3) is 0 Å². The minimum absolute atomic E-state index is 0.795. The SMILES string of the molecule is CCO[SiH](CCCCCS)OCC. The fourth-order valence-corrected chi connectivity index (χ4v) is 3.20. The molecule has 0 aromatic heterocycles. The molecule has 0 spiro atoms. The first-order chi connectivity index (χ1) is 6.35. The van der Waals surface area contributed by atoms with Crippen molar-refractivity contribution >= 4 is 21.9 Å². The summed E-state index contributed by atoms with van der Waals surface area (Å²) in [6.45, 7) is 5.66. The van der Waals surface area contributed by atoms with Crippen LogP contribution in [0.1, 0.15) is 33.1 Å². The van der Waals surface area contributed by atoms with Crippen LogP contribution in [-0.4, -0.2) is 28.3 Å². The monoisotopic (exact) mass is 222 g/mol. The third kappa shape index (κ3) is 8.81. The molecule has 0 unspecified atom stereocenters. The van der Waals surface area contributed by atoms with Gasteiger partial charge in [-0.3, -0.25) is 0 Å². The second kappa shape index (κ2) is 10.6. The zero-order valence-electron chi connectivity index (χ0n) is 8.79. The minimum Gasteiger partial charge on any atom is -0.397 e. The zero-order valence-corrected chi connectivity index (χ0v) is 10.8. The third-order valence-electron chi connectivity index (χ3n) is 1.80. The number of hydrogen-bond acceptors (Lipinski definition) is 3. The van der Waals surface area contributed by atoms with Gasteiger partial charge in [-0.2, -0.15) is 12.6 Å². The number of thiol groups is 1. The average Bonchev–Trinajstić information content (AvgIpc) is 2.13. The average molecular weight is 222 g/mol. The molecule has 0 bridgehead atoms. The predicted octanol–water partition coefficient (Wildman–Crippen LogP) is 2.38. The number of hydrogen-bond donors (Lipinski definition) is 1. The van der Waals surface area contributed by atoms with E-state index in [1.165, 1.54) is 19.3 Å². The Balaban J connectivity index is 3.33. The van der Waals surface area contributed by atoms with Gasteiger partial charge in [-0.25, -0.2) is 0 Å². The van der Waals surface area contributed by atoms with E-state index in [0.717, 1.165) is 25.0 Å². The predicted molar refractivity (Wildman–Crippen MR) is 62.9 cm³/mol. The lowest BCUT2D eigenvalue weighted by Crippen LogP contribution is -2.22. The van der Waals surface area contributed by atoms with E-state index < -0.39 is 9.28 Å². The maximum atomic E-state index is 5.56. The van der Waals surface area contributed by atoms with Crippen LogP contribution >= 0.6 is 12.6 Å². The van der Waals surface area contributed by atoms with Crippen LogP contribution in [-0.2, 0) is 8.85 Å². The van der Waals surface area contributed by atoms with Gasteiger partial charge in [-0.15, -0.1) is 0 Å². The summed E-state index contributed by atoms with van der Waals surface area (Å²) in [5.41, 5.74) is 0. The number of unbranched alkanes of at least 4 members (excludes halogenated alkanes) is 2. The molecular weight excluding hydrogens is 200 g/mol. The molecule has 80 valence electrons. The molecule has 0 saturated carbocycles. The van der Waals surface area contributed by atoms with Crippen LogP contribution in [0.5, 0.6) is 0 Å². The van der Waals surface area contributed by atoms with Crippen LogP contribution < -0.4 is 0 Å². The maximum absolute atomic E-state index is 5.56. The quantitative estimate of drug-likeness (QED) is 0.367. The van der Waals surface area contributed by atoms with E-state index in [0.29, 0.717) is 0 Å². The molecule has 0 aliphatic carbocycles. The van der Waals surface area contributed by atoms with E-state index in [-0.39, 0.29) is 0 Å². The third-order valence-corrected chi connectivity index (χ3v) is 4.41. The second-order valence-electron chi connectivity index (χ2n) is 2.91. The van der Waals surface area contributed by atoms with Gasteiger partial charge in [-0.1, -0.05) is 12.8 Å². The van der Waals surface area contributed by atoms with Crippen LogP contribution in [0, 0.1) is 0 Å². The summed E-state index contributed by atoms with van der Waals surface area (Å²) in [4.78, 5) is 0. The number of rotatable bonds is 9. The van der Waals surface area contributed by atoms with Crippen molar-refractivity contribution in [3.8, 4) is 0 Å². The molecule has 0 atom stereocenters. The van der Waals surface area contributed by atoms with Crippen LogP contribution in [0.2, 0.25) is 6.04 Å². The zero-order chi connectivity index (χ0) is 9.94. The first-order valence-corrected chi connectivity index (χ1v) is 7.58. The van der Waals surface area contributed by atoms with E-state index in [2.05, 4.69) is 12.6 Å².